The molecule has 32 heavy (non-hydrogen) atoms. The van der Waals surface area contributed by atoms with Crippen LogP contribution in [-0.4, -0.2) is 26.6 Å². The van der Waals surface area contributed by atoms with Crippen molar-refractivity contribution in [2.24, 2.45) is 5.73 Å². The van der Waals surface area contributed by atoms with Crippen LogP contribution in [0.25, 0.3) is 21.3 Å². The Kier molecular flexibility index (Phi) is 5.61. The van der Waals surface area contributed by atoms with Gasteiger partial charge in [-0.25, -0.2) is 18.4 Å². The minimum absolute atomic E-state index is 0.0544. The zero-order chi connectivity index (χ0) is 23.0. The average molecular weight is 463 g/mol. The second-order valence-corrected chi connectivity index (χ2v) is 7.52. The third-order valence-electron chi connectivity index (χ3n) is 4.49. The predicted molar refractivity (Wildman–Crippen MR) is 110 cm³/mol. The minimum Gasteiger partial charge on any atom is -0.365 e. The van der Waals surface area contributed by atoms with E-state index < -0.39 is 30.5 Å². The number of carbonyl (C=O) groups is 2. The first kappa shape index (κ1) is 21.4. The maximum Gasteiger partial charge on any atom is 0.333 e. The van der Waals surface area contributed by atoms with Crippen molar-refractivity contribution in [3.05, 3.63) is 64.9 Å². The molecule has 4 rings (SSSR count). The number of carbonyl (C=O) groups excluding carboxylic acids is 2. The standard InChI is InChI=1S/C20H13F4N5O2S/c21-16(22)12-8-10(9-4-2-1-3-5-9)13-14(15(17(25)30)32-19(13)26-12)27-18(31)11-6-7-29(28-11)20(23)24/h1-8,16,20H,(H2,25,30)(H,27,31). The van der Waals surface area contributed by atoms with Crippen molar-refractivity contribution in [3.63, 3.8) is 0 Å². The summed E-state index contributed by atoms with van der Waals surface area (Å²) in [5.74, 6) is -1.80. The number of anilines is 1. The summed E-state index contributed by atoms with van der Waals surface area (Å²) in [6, 6.07) is 10.7. The first-order valence-corrected chi connectivity index (χ1v) is 9.83. The van der Waals surface area contributed by atoms with Crippen LogP contribution < -0.4 is 11.1 Å². The summed E-state index contributed by atoms with van der Waals surface area (Å²) < 4.78 is 52.8. The highest BCUT2D eigenvalue weighted by Gasteiger charge is 2.26. The summed E-state index contributed by atoms with van der Waals surface area (Å²) in [4.78, 5) is 28.6. The largest absolute Gasteiger partial charge is 0.365 e. The van der Waals surface area contributed by atoms with Crippen LogP contribution in [0.5, 0.6) is 0 Å². The second-order valence-electron chi connectivity index (χ2n) is 6.52. The number of nitrogens with zero attached hydrogens (tertiary/aromatic N) is 3. The summed E-state index contributed by atoms with van der Waals surface area (Å²) in [5.41, 5.74) is 5.38. The molecular weight excluding hydrogens is 450 g/mol. The lowest BCUT2D eigenvalue weighted by Gasteiger charge is -2.10. The van der Waals surface area contributed by atoms with Gasteiger partial charge < -0.3 is 11.1 Å². The fourth-order valence-corrected chi connectivity index (χ4v) is 4.13. The van der Waals surface area contributed by atoms with E-state index in [2.05, 4.69) is 15.4 Å². The number of amides is 2. The average Bonchev–Trinajstić information content (AvgIpc) is 3.39. The summed E-state index contributed by atoms with van der Waals surface area (Å²) in [7, 11) is 0. The van der Waals surface area contributed by atoms with Crippen LogP contribution in [0.1, 0.15) is 38.8 Å². The van der Waals surface area contributed by atoms with Crippen LogP contribution in [0.15, 0.2) is 48.7 Å². The van der Waals surface area contributed by atoms with Crippen LogP contribution in [0.3, 0.4) is 0 Å². The normalized spacial score (nSPS) is 11.4. The molecule has 0 fully saturated rings. The molecule has 0 aliphatic rings. The topological polar surface area (TPSA) is 103 Å². The number of fused-ring (bicyclic) bond motifs is 1. The number of halogens is 4. The van der Waals surface area contributed by atoms with Crippen molar-refractivity contribution >= 4 is 39.1 Å². The monoisotopic (exact) mass is 463 g/mol. The van der Waals surface area contributed by atoms with Crippen LogP contribution in [0.2, 0.25) is 0 Å². The number of nitrogens with two attached hydrogens (primary N) is 1. The van der Waals surface area contributed by atoms with Gasteiger partial charge in [-0.2, -0.15) is 13.9 Å². The van der Waals surface area contributed by atoms with Crippen molar-refractivity contribution in [1.82, 2.24) is 14.8 Å². The van der Waals surface area contributed by atoms with Gasteiger partial charge >= 0.3 is 6.55 Å². The van der Waals surface area contributed by atoms with Gasteiger partial charge in [0.2, 0.25) is 0 Å². The fourth-order valence-electron chi connectivity index (χ4n) is 3.11. The Hall–Kier alpha value is -3.80. The van der Waals surface area contributed by atoms with Gasteiger partial charge in [0.1, 0.15) is 15.4 Å². The Morgan fingerprint density at radius 3 is 2.41 bits per heavy atom. The molecule has 0 aliphatic carbocycles. The molecule has 1 aromatic carbocycles. The molecule has 7 nitrogen and oxygen atoms in total. The minimum atomic E-state index is -2.94. The Morgan fingerprint density at radius 2 is 1.81 bits per heavy atom. The number of rotatable bonds is 6. The van der Waals surface area contributed by atoms with E-state index in [9.17, 15) is 27.2 Å². The van der Waals surface area contributed by atoms with E-state index in [0.717, 1.165) is 23.6 Å². The third-order valence-corrected chi connectivity index (χ3v) is 5.59. The number of alkyl halides is 4. The number of aromatic nitrogens is 3. The second kappa shape index (κ2) is 8.38. The molecule has 0 radical (unpaired) electrons. The van der Waals surface area contributed by atoms with E-state index in [-0.39, 0.29) is 26.5 Å². The molecule has 0 atom stereocenters. The van der Waals surface area contributed by atoms with Crippen LogP contribution in [0.4, 0.5) is 23.2 Å². The van der Waals surface area contributed by atoms with E-state index >= 15 is 0 Å². The SMILES string of the molecule is NC(=O)c1sc2nc(C(F)F)cc(-c3ccccc3)c2c1NC(=O)c1ccn(C(F)F)n1. The number of benzene rings is 1. The number of primary amides is 1. The molecule has 0 aliphatic heterocycles. The van der Waals surface area contributed by atoms with Gasteiger partial charge in [-0.3, -0.25) is 9.59 Å². The maximum absolute atomic E-state index is 13.5. The lowest BCUT2D eigenvalue weighted by molar-refractivity contribution is 0.0561. The Morgan fingerprint density at radius 1 is 1.09 bits per heavy atom. The van der Waals surface area contributed by atoms with E-state index in [0.29, 0.717) is 15.8 Å². The number of pyridine rings is 1. The molecule has 0 spiro atoms. The summed E-state index contributed by atoms with van der Waals surface area (Å²) in [6.45, 7) is -2.94. The lowest BCUT2D eigenvalue weighted by Crippen LogP contribution is -2.17. The molecule has 3 N–H and O–H groups in total. The number of nitrogens with one attached hydrogen (secondary N) is 1. The summed E-state index contributed by atoms with van der Waals surface area (Å²) in [5, 5.41) is 6.18. The van der Waals surface area contributed by atoms with E-state index in [4.69, 9.17) is 5.73 Å². The molecule has 164 valence electrons. The Balaban J connectivity index is 1.91. The summed E-state index contributed by atoms with van der Waals surface area (Å²) in [6.07, 6.45) is -1.95. The number of hydrogen-bond donors (Lipinski definition) is 2. The van der Waals surface area contributed by atoms with Gasteiger partial charge in [0, 0.05) is 11.6 Å². The number of hydrogen-bond acceptors (Lipinski definition) is 5. The predicted octanol–water partition coefficient (Wildman–Crippen LogP) is 4.84. The van der Waals surface area contributed by atoms with Gasteiger partial charge in [-0.05, 0) is 23.3 Å². The first-order chi connectivity index (χ1) is 15.3. The zero-order valence-corrected chi connectivity index (χ0v) is 16.7. The van der Waals surface area contributed by atoms with E-state index in [1.54, 1.807) is 30.3 Å². The van der Waals surface area contributed by atoms with Gasteiger partial charge in [-0.1, -0.05) is 30.3 Å². The summed E-state index contributed by atoms with van der Waals surface area (Å²) >= 11 is 0.740. The third kappa shape index (κ3) is 3.91. The van der Waals surface area contributed by atoms with Crippen molar-refractivity contribution < 1.29 is 27.2 Å². The van der Waals surface area contributed by atoms with E-state index in [1.807, 2.05) is 0 Å². The van der Waals surface area contributed by atoms with Crippen molar-refractivity contribution in [1.29, 1.82) is 0 Å². The first-order valence-electron chi connectivity index (χ1n) is 9.01. The van der Waals surface area contributed by atoms with Gasteiger partial charge in [0.05, 0.1) is 5.69 Å². The molecule has 3 heterocycles. The lowest BCUT2D eigenvalue weighted by atomic mass is 10.0. The molecular formula is C20H13F4N5O2S. The molecule has 0 saturated heterocycles. The van der Waals surface area contributed by atoms with Gasteiger partial charge in [0.15, 0.2) is 5.69 Å². The molecule has 3 aromatic heterocycles. The molecule has 0 unspecified atom stereocenters. The van der Waals surface area contributed by atoms with Gasteiger partial charge in [-0.15, -0.1) is 11.3 Å². The molecule has 0 bridgehead atoms. The van der Waals surface area contributed by atoms with Crippen LogP contribution in [-0.2, 0) is 0 Å². The fraction of sp³-hybridized carbons (Fsp3) is 0.100. The van der Waals surface area contributed by atoms with Crippen molar-refractivity contribution in [2.75, 3.05) is 5.32 Å². The van der Waals surface area contributed by atoms with Crippen LogP contribution in [0, 0.1) is 0 Å². The highest BCUT2D eigenvalue weighted by Crippen LogP contribution is 2.42. The Bertz CT molecular complexity index is 1320. The van der Waals surface area contributed by atoms with Crippen molar-refractivity contribution in [3.8, 4) is 11.1 Å². The van der Waals surface area contributed by atoms with Crippen molar-refractivity contribution in [2.45, 2.75) is 13.0 Å². The molecule has 0 saturated carbocycles. The smallest absolute Gasteiger partial charge is 0.333 e. The Labute approximate surface area is 181 Å². The molecule has 4 aromatic rings. The molecule has 2 amide bonds. The zero-order valence-electron chi connectivity index (χ0n) is 15.9. The molecule has 12 heteroatoms. The van der Waals surface area contributed by atoms with E-state index in [1.165, 1.54) is 6.07 Å². The maximum atomic E-state index is 13.5. The van der Waals surface area contributed by atoms with Gasteiger partial charge in [0.25, 0.3) is 18.2 Å². The highest BCUT2D eigenvalue weighted by molar-refractivity contribution is 7.21. The van der Waals surface area contributed by atoms with Crippen LogP contribution >= 0.6 is 11.3 Å². The number of thiophene rings is 1. The quantitative estimate of drug-likeness (QED) is 0.399. The highest BCUT2D eigenvalue weighted by atomic mass is 32.1.